The van der Waals surface area contributed by atoms with Gasteiger partial charge in [-0.2, -0.15) is 5.10 Å². The molecule has 3 nitrogen and oxygen atoms in total. The van der Waals surface area contributed by atoms with Crippen molar-refractivity contribution in [3.63, 3.8) is 0 Å². The highest BCUT2D eigenvalue weighted by molar-refractivity contribution is 5.65. The predicted octanol–water partition coefficient (Wildman–Crippen LogP) is 2.80. The smallest absolute Gasteiger partial charge is 0.0568 e. The molecule has 1 aliphatic rings. The molecule has 1 saturated heterocycles. The molecule has 0 saturated carbocycles. The Bertz CT molecular complexity index is 524. The van der Waals surface area contributed by atoms with Crippen LogP contribution in [0.1, 0.15) is 24.4 Å². The Morgan fingerprint density at radius 3 is 2.72 bits per heavy atom. The fourth-order valence-electron chi connectivity index (χ4n) is 2.57. The topological polar surface area (TPSA) is 31.9 Å². The Hall–Kier alpha value is -1.61. The Kier molecular flexibility index (Phi) is 3.15. The second kappa shape index (κ2) is 4.94. The minimum absolute atomic E-state index is 0.528. The normalized spacial score (nSPS) is 16.9. The summed E-state index contributed by atoms with van der Waals surface area (Å²) in [7, 11) is 0. The zero-order valence-electron chi connectivity index (χ0n) is 10.7. The van der Waals surface area contributed by atoms with E-state index >= 15 is 0 Å². The maximum atomic E-state index is 4.53. The van der Waals surface area contributed by atoms with E-state index in [0.29, 0.717) is 6.04 Å². The highest BCUT2D eigenvalue weighted by Crippen LogP contribution is 2.25. The molecule has 93 valence electrons. The Morgan fingerprint density at radius 2 is 1.94 bits per heavy atom. The summed E-state index contributed by atoms with van der Waals surface area (Å²) in [6, 6.07) is 8.99. The molecular formula is C15H18N3. The van der Waals surface area contributed by atoms with Crippen LogP contribution in [0, 0.1) is 6.92 Å². The fraction of sp³-hybridized carbons (Fsp3) is 0.400. The molecule has 0 amide bonds. The second-order valence-electron chi connectivity index (χ2n) is 4.93. The minimum atomic E-state index is 0.528. The van der Waals surface area contributed by atoms with Gasteiger partial charge in [-0.05, 0) is 30.9 Å². The summed E-state index contributed by atoms with van der Waals surface area (Å²) in [5.74, 6) is 0. The first-order chi connectivity index (χ1) is 8.84. The van der Waals surface area contributed by atoms with Crippen LogP contribution in [-0.2, 0) is 0 Å². The van der Waals surface area contributed by atoms with E-state index in [1.165, 1.54) is 16.7 Å². The van der Waals surface area contributed by atoms with Crippen LogP contribution >= 0.6 is 0 Å². The van der Waals surface area contributed by atoms with Crippen LogP contribution in [-0.4, -0.2) is 22.9 Å². The van der Waals surface area contributed by atoms with Crippen LogP contribution in [0.25, 0.3) is 11.1 Å². The lowest BCUT2D eigenvalue weighted by atomic mass is 10.0. The van der Waals surface area contributed by atoms with Gasteiger partial charge >= 0.3 is 0 Å². The Balaban J connectivity index is 1.87. The van der Waals surface area contributed by atoms with Gasteiger partial charge in [0.15, 0.2) is 0 Å². The third-order valence-electron chi connectivity index (χ3n) is 3.67. The molecule has 3 rings (SSSR count). The van der Waals surface area contributed by atoms with Crippen LogP contribution in [0.3, 0.4) is 0 Å². The van der Waals surface area contributed by atoms with E-state index in [1.807, 2.05) is 6.20 Å². The molecule has 2 aromatic rings. The fourth-order valence-corrected chi connectivity index (χ4v) is 2.57. The molecule has 18 heavy (non-hydrogen) atoms. The molecule has 0 N–H and O–H groups in total. The van der Waals surface area contributed by atoms with Crippen LogP contribution < -0.4 is 5.32 Å². The standard InChI is InChI=1S/C15H18N3/c1-12-4-2-3-5-15(12)13-10-17-18(11-13)14-6-8-16-9-7-14/h2-5,10-11,14H,6-9H2,1H3. The molecule has 0 aliphatic carbocycles. The van der Waals surface area contributed by atoms with Crippen molar-refractivity contribution in [2.75, 3.05) is 13.1 Å². The van der Waals surface area contributed by atoms with Gasteiger partial charge in [0, 0.05) is 24.8 Å². The van der Waals surface area contributed by atoms with Gasteiger partial charge in [0.2, 0.25) is 0 Å². The molecule has 0 unspecified atom stereocenters. The maximum absolute atomic E-state index is 4.53. The summed E-state index contributed by atoms with van der Waals surface area (Å²) in [6.45, 7) is 4.10. The van der Waals surface area contributed by atoms with E-state index in [-0.39, 0.29) is 0 Å². The molecule has 0 bridgehead atoms. The monoisotopic (exact) mass is 240 g/mol. The van der Waals surface area contributed by atoms with Gasteiger partial charge in [-0.1, -0.05) is 24.3 Å². The van der Waals surface area contributed by atoms with Crippen molar-refractivity contribution in [2.45, 2.75) is 25.8 Å². The molecule has 1 aromatic heterocycles. The van der Waals surface area contributed by atoms with E-state index in [2.05, 4.69) is 52.5 Å². The van der Waals surface area contributed by atoms with Crippen LogP contribution in [0.2, 0.25) is 0 Å². The number of piperidine rings is 1. The van der Waals surface area contributed by atoms with Gasteiger partial charge < -0.3 is 0 Å². The molecule has 1 aromatic carbocycles. The summed E-state index contributed by atoms with van der Waals surface area (Å²) >= 11 is 0. The number of hydrogen-bond acceptors (Lipinski definition) is 1. The van der Waals surface area contributed by atoms with Gasteiger partial charge in [0.25, 0.3) is 0 Å². The quantitative estimate of drug-likeness (QED) is 0.794. The van der Waals surface area contributed by atoms with Crippen molar-refractivity contribution >= 4 is 0 Å². The van der Waals surface area contributed by atoms with E-state index in [0.717, 1.165) is 25.9 Å². The summed E-state index contributed by atoms with van der Waals surface area (Å²) in [6.07, 6.45) is 6.40. The highest BCUT2D eigenvalue weighted by atomic mass is 15.3. The largest absolute Gasteiger partial charge is 0.269 e. The van der Waals surface area contributed by atoms with Gasteiger partial charge in [0.1, 0.15) is 0 Å². The Labute approximate surface area is 108 Å². The minimum Gasteiger partial charge on any atom is -0.269 e. The molecule has 0 atom stereocenters. The van der Waals surface area contributed by atoms with Crippen molar-refractivity contribution in [3.05, 3.63) is 42.2 Å². The Morgan fingerprint density at radius 1 is 1.17 bits per heavy atom. The predicted molar refractivity (Wildman–Crippen MR) is 72.5 cm³/mol. The molecule has 1 radical (unpaired) electrons. The van der Waals surface area contributed by atoms with Gasteiger partial charge in [-0.25, -0.2) is 5.32 Å². The van der Waals surface area contributed by atoms with Gasteiger partial charge in [-0.15, -0.1) is 0 Å². The number of aryl methyl sites for hydroxylation is 1. The number of aromatic nitrogens is 2. The first kappa shape index (κ1) is 11.5. The van der Waals surface area contributed by atoms with Crippen LogP contribution in [0.15, 0.2) is 36.7 Å². The summed E-state index contributed by atoms with van der Waals surface area (Å²) in [5, 5.41) is 8.92. The average Bonchev–Trinajstić information content (AvgIpc) is 2.90. The van der Waals surface area contributed by atoms with E-state index < -0.39 is 0 Å². The van der Waals surface area contributed by atoms with Crippen molar-refractivity contribution in [3.8, 4) is 11.1 Å². The highest BCUT2D eigenvalue weighted by Gasteiger charge is 2.16. The molecule has 2 heterocycles. The summed E-state index contributed by atoms with van der Waals surface area (Å²) in [5.41, 5.74) is 3.80. The zero-order chi connectivity index (χ0) is 12.4. The zero-order valence-corrected chi connectivity index (χ0v) is 10.7. The molecular weight excluding hydrogens is 222 g/mol. The summed E-state index contributed by atoms with van der Waals surface area (Å²) < 4.78 is 2.12. The maximum Gasteiger partial charge on any atom is 0.0568 e. The molecule has 1 aliphatic heterocycles. The number of hydrogen-bond donors (Lipinski definition) is 0. The summed E-state index contributed by atoms with van der Waals surface area (Å²) in [4.78, 5) is 0. The van der Waals surface area contributed by atoms with Gasteiger partial charge in [0.05, 0.1) is 12.2 Å². The lowest BCUT2D eigenvalue weighted by Crippen LogP contribution is -2.24. The number of nitrogens with zero attached hydrogens (tertiary/aromatic N) is 3. The van der Waals surface area contributed by atoms with Crippen LogP contribution in [0.4, 0.5) is 0 Å². The third-order valence-corrected chi connectivity index (χ3v) is 3.67. The molecule has 3 heteroatoms. The van der Waals surface area contributed by atoms with E-state index in [4.69, 9.17) is 0 Å². The number of benzene rings is 1. The molecule has 1 fully saturated rings. The number of rotatable bonds is 2. The van der Waals surface area contributed by atoms with Crippen molar-refractivity contribution in [1.82, 2.24) is 15.1 Å². The van der Waals surface area contributed by atoms with E-state index in [9.17, 15) is 0 Å². The first-order valence-electron chi connectivity index (χ1n) is 6.58. The van der Waals surface area contributed by atoms with Crippen molar-refractivity contribution < 1.29 is 0 Å². The van der Waals surface area contributed by atoms with Crippen molar-refractivity contribution in [2.24, 2.45) is 0 Å². The van der Waals surface area contributed by atoms with Crippen molar-refractivity contribution in [1.29, 1.82) is 0 Å². The average molecular weight is 240 g/mol. The first-order valence-corrected chi connectivity index (χ1v) is 6.58. The SMILES string of the molecule is Cc1ccccc1-c1cnn(C2CC[N]CC2)c1. The third kappa shape index (κ3) is 2.18. The van der Waals surface area contributed by atoms with E-state index in [1.54, 1.807) is 0 Å². The molecule has 0 spiro atoms. The lowest BCUT2D eigenvalue weighted by Gasteiger charge is -2.21. The van der Waals surface area contributed by atoms with Crippen LogP contribution in [0.5, 0.6) is 0 Å². The lowest BCUT2D eigenvalue weighted by molar-refractivity contribution is 0.339. The van der Waals surface area contributed by atoms with Gasteiger partial charge in [-0.3, -0.25) is 4.68 Å². The second-order valence-corrected chi connectivity index (χ2v) is 4.93.